The van der Waals surface area contributed by atoms with Crippen LogP contribution in [0.4, 0.5) is 11.4 Å². The van der Waals surface area contributed by atoms with Crippen LogP contribution in [0.2, 0.25) is 0 Å². The zero-order chi connectivity index (χ0) is 16.4. The highest BCUT2D eigenvalue weighted by Gasteiger charge is 2.09. The molecule has 1 amide bonds. The lowest BCUT2D eigenvalue weighted by Gasteiger charge is -2.22. The van der Waals surface area contributed by atoms with Crippen LogP contribution in [0, 0.1) is 0 Å². The Morgan fingerprint density at radius 1 is 0.955 bits per heavy atom. The van der Waals surface area contributed by atoms with Crippen molar-refractivity contribution in [2.45, 2.75) is 40.5 Å². The molecule has 0 aliphatic carbocycles. The summed E-state index contributed by atoms with van der Waals surface area (Å²) in [4.78, 5) is 16.6. The second-order valence-corrected chi connectivity index (χ2v) is 5.54. The molecule has 124 valence electrons. The smallest absolute Gasteiger partial charge is 0.238 e. The number of amides is 1. The van der Waals surface area contributed by atoms with Crippen molar-refractivity contribution in [1.82, 2.24) is 4.90 Å². The monoisotopic (exact) mass is 305 g/mol. The third kappa shape index (κ3) is 6.06. The Kier molecular flexibility index (Phi) is 8.60. The van der Waals surface area contributed by atoms with Crippen molar-refractivity contribution in [1.29, 1.82) is 0 Å². The van der Waals surface area contributed by atoms with Gasteiger partial charge in [-0.1, -0.05) is 13.8 Å². The number of rotatable bonds is 10. The van der Waals surface area contributed by atoms with Gasteiger partial charge in [-0.05, 0) is 64.0 Å². The quantitative estimate of drug-likeness (QED) is 0.717. The topological polar surface area (TPSA) is 35.6 Å². The fraction of sp³-hybridized carbons (Fsp3) is 0.611. The molecule has 4 heteroatoms. The maximum absolute atomic E-state index is 12.1. The standard InChI is InChI=1S/C18H31N3O/c1-5-13-20(14-6-2)15-18(22)19-16-9-11-17(12-10-16)21(7-3)8-4/h9-12H,5-8,13-15H2,1-4H3,(H,19,22). The zero-order valence-corrected chi connectivity index (χ0v) is 14.6. The van der Waals surface area contributed by atoms with Gasteiger partial charge >= 0.3 is 0 Å². The number of hydrogen-bond donors (Lipinski definition) is 1. The first-order valence-electron chi connectivity index (χ1n) is 8.51. The van der Waals surface area contributed by atoms with E-state index in [9.17, 15) is 4.79 Å². The van der Waals surface area contributed by atoms with Crippen LogP contribution >= 0.6 is 0 Å². The van der Waals surface area contributed by atoms with E-state index in [-0.39, 0.29) is 5.91 Å². The van der Waals surface area contributed by atoms with Gasteiger partial charge in [0.2, 0.25) is 5.91 Å². The molecule has 0 aromatic heterocycles. The van der Waals surface area contributed by atoms with Gasteiger partial charge in [0, 0.05) is 24.5 Å². The van der Waals surface area contributed by atoms with Gasteiger partial charge in [-0.15, -0.1) is 0 Å². The SMILES string of the molecule is CCCN(CCC)CC(=O)Nc1ccc(N(CC)CC)cc1. The minimum Gasteiger partial charge on any atom is -0.372 e. The number of nitrogens with one attached hydrogen (secondary N) is 1. The molecule has 4 nitrogen and oxygen atoms in total. The lowest BCUT2D eigenvalue weighted by Crippen LogP contribution is -2.34. The van der Waals surface area contributed by atoms with Crippen LogP contribution in [-0.2, 0) is 4.79 Å². The highest BCUT2D eigenvalue weighted by molar-refractivity contribution is 5.92. The summed E-state index contributed by atoms with van der Waals surface area (Å²) in [6.07, 6.45) is 2.15. The van der Waals surface area contributed by atoms with Crippen LogP contribution in [0.25, 0.3) is 0 Å². The number of carbonyl (C=O) groups excluding carboxylic acids is 1. The Morgan fingerprint density at radius 2 is 1.50 bits per heavy atom. The minimum atomic E-state index is 0.0671. The molecule has 0 heterocycles. The molecule has 0 bridgehead atoms. The molecular formula is C18H31N3O. The fourth-order valence-corrected chi connectivity index (χ4v) is 2.65. The van der Waals surface area contributed by atoms with E-state index in [1.165, 1.54) is 5.69 Å². The summed E-state index contributed by atoms with van der Waals surface area (Å²) in [5.41, 5.74) is 2.07. The van der Waals surface area contributed by atoms with Crippen molar-refractivity contribution in [3.63, 3.8) is 0 Å². The molecule has 0 atom stereocenters. The van der Waals surface area contributed by atoms with E-state index < -0.39 is 0 Å². The molecule has 1 aromatic carbocycles. The fourth-order valence-electron chi connectivity index (χ4n) is 2.65. The number of carbonyl (C=O) groups is 1. The predicted octanol–water partition coefficient (Wildman–Crippen LogP) is 3.59. The van der Waals surface area contributed by atoms with Gasteiger partial charge in [-0.3, -0.25) is 9.69 Å². The number of anilines is 2. The highest BCUT2D eigenvalue weighted by Crippen LogP contribution is 2.17. The van der Waals surface area contributed by atoms with E-state index in [1.54, 1.807) is 0 Å². The van der Waals surface area contributed by atoms with Gasteiger partial charge in [0.25, 0.3) is 0 Å². The summed E-state index contributed by atoms with van der Waals surface area (Å²) in [6.45, 7) is 13.0. The molecule has 0 fully saturated rings. The first-order valence-corrected chi connectivity index (χ1v) is 8.51. The van der Waals surface area contributed by atoms with Crippen LogP contribution in [0.5, 0.6) is 0 Å². The molecule has 0 radical (unpaired) electrons. The third-order valence-electron chi connectivity index (χ3n) is 3.73. The van der Waals surface area contributed by atoms with Gasteiger partial charge in [-0.2, -0.15) is 0 Å². The number of hydrogen-bond acceptors (Lipinski definition) is 3. The van der Waals surface area contributed by atoms with Gasteiger partial charge in [-0.25, -0.2) is 0 Å². The van der Waals surface area contributed by atoms with Crippen molar-refractivity contribution >= 4 is 17.3 Å². The normalized spacial score (nSPS) is 10.8. The summed E-state index contributed by atoms with van der Waals surface area (Å²) in [5.74, 6) is 0.0671. The highest BCUT2D eigenvalue weighted by atomic mass is 16.2. The van der Waals surface area contributed by atoms with E-state index in [4.69, 9.17) is 0 Å². The predicted molar refractivity (Wildman–Crippen MR) is 95.7 cm³/mol. The van der Waals surface area contributed by atoms with Crippen LogP contribution in [0.1, 0.15) is 40.5 Å². The zero-order valence-electron chi connectivity index (χ0n) is 14.6. The Hall–Kier alpha value is -1.55. The van der Waals surface area contributed by atoms with Gasteiger partial charge in [0.15, 0.2) is 0 Å². The summed E-state index contributed by atoms with van der Waals surface area (Å²) >= 11 is 0. The molecule has 0 saturated carbocycles. The van der Waals surface area contributed by atoms with E-state index in [2.05, 4.69) is 54.9 Å². The second kappa shape index (κ2) is 10.2. The molecule has 0 saturated heterocycles. The molecule has 0 aliphatic rings. The Morgan fingerprint density at radius 3 is 1.95 bits per heavy atom. The van der Waals surface area contributed by atoms with Crippen LogP contribution in [0.3, 0.4) is 0 Å². The van der Waals surface area contributed by atoms with E-state index in [0.717, 1.165) is 44.7 Å². The van der Waals surface area contributed by atoms with E-state index in [1.807, 2.05) is 12.1 Å². The van der Waals surface area contributed by atoms with E-state index >= 15 is 0 Å². The van der Waals surface area contributed by atoms with Crippen LogP contribution < -0.4 is 10.2 Å². The lowest BCUT2D eigenvalue weighted by atomic mass is 10.2. The average Bonchev–Trinajstić information content (AvgIpc) is 2.50. The molecule has 1 N–H and O–H groups in total. The van der Waals surface area contributed by atoms with Crippen molar-refractivity contribution in [3.8, 4) is 0 Å². The molecule has 1 aromatic rings. The molecule has 1 rings (SSSR count). The minimum absolute atomic E-state index is 0.0671. The van der Waals surface area contributed by atoms with Crippen LogP contribution in [-0.4, -0.2) is 43.5 Å². The van der Waals surface area contributed by atoms with Gasteiger partial charge in [0.1, 0.15) is 0 Å². The van der Waals surface area contributed by atoms with Crippen molar-refractivity contribution in [2.24, 2.45) is 0 Å². The first-order chi connectivity index (χ1) is 10.6. The molecule has 0 aliphatic heterocycles. The molecule has 22 heavy (non-hydrogen) atoms. The van der Waals surface area contributed by atoms with Crippen molar-refractivity contribution in [3.05, 3.63) is 24.3 Å². The second-order valence-electron chi connectivity index (χ2n) is 5.54. The molecule has 0 unspecified atom stereocenters. The lowest BCUT2D eigenvalue weighted by molar-refractivity contribution is -0.117. The summed E-state index contributed by atoms with van der Waals surface area (Å²) in [6, 6.07) is 8.10. The molecular weight excluding hydrogens is 274 g/mol. The Labute approximate surface area is 135 Å². The van der Waals surface area contributed by atoms with Gasteiger partial charge in [0.05, 0.1) is 6.54 Å². The summed E-state index contributed by atoms with van der Waals surface area (Å²) in [7, 11) is 0. The first kappa shape index (κ1) is 18.5. The van der Waals surface area contributed by atoms with Crippen molar-refractivity contribution < 1.29 is 4.79 Å². The van der Waals surface area contributed by atoms with Gasteiger partial charge < -0.3 is 10.2 Å². The summed E-state index contributed by atoms with van der Waals surface area (Å²) in [5, 5.41) is 2.99. The Bertz CT molecular complexity index is 420. The number of nitrogens with zero attached hydrogens (tertiary/aromatic N) is 2. The summed E-state index contributed by atoms with van der Waals surface area (Å²) < 4.78 is 0. The average molecular weight is 305 g/mol. The van der Waals surface area contributed by atoms with Crippen LogP contribution in [0.15, 0.2) is 24.3 Å². The number of benzene rings is 1. The van der Waals surface area contributed by atoms with Crippen molar-refractivity contribution in [2.75, 3.05) is 42.9 Å². The molecule has 0 spiro atoms. The maximum atomic E-state index is 12.1. The van der Waals surface area contributed by atoms with E-state index in [0.29, 0.717) is 6.54 Å². The largest absolute Gasteiger partial charge is 0.372 e. The third-order valence-corrected chi connectivity index (χ3v) is 3.73. The maximum Gasteiger partial charge on any atom is 0.238 e. The Balaban J connectivity index is 2.57.